The van der Waals surface area contributed by atoms with Crippen molar-refractivity contribution in [1.82, 2.24) is 19.9 Å². The van der Waals surface area contributed by atoms with Gasteiger partial charge in [-0.15, -0.1) is 0 Å². The number of amides is 1. The number of aryl methyl sites for hydroxylation is 1. The first-order valence-electron chi connectivity index (χ1n) is 10.5. The lowest BCUT2D eigenvalue weighted by Crippen LogP contribution is -2.49. The first-order valence-corrected chi connectivity index (χ1v) is 11.6. The van der Waals surface area contributed by atoms with Gasteiger partial charge >= 0.3 is 6.09 Å². The van der Waals surface area contributed by atoms with E-state index in [1.165, 1.54) is 0 Å². The molecule has 0 atom stereocenters. The van der Waals surface area contributed by atoms with E-state index in [-0.39, 0.29) is 11.7 Å². The van der Waals surface area contributed by atoms with Crippen LogP contribution in [0.15, 0.2) is 29.2 Å². The molecule has 1 saturated heterocycles. The number of fused-ring (bicyclic) bond motifs is 1. The molecule has 0 bridgehead atoms. The smallest absolute Gasteiger partial charge is 0.409 e. The molecule has 1 aliphatic heterocycles. The Morgan fingerprint density at radius 2 is 2.03 bits per heavy atom. The van der Waals surface area contributed by atoms with Crippen LogP contribution in [0.4, 0.5) is 10.5 Å². The highest BCUT2D eigenvalue weighted by molar-refractivity contribution is 14.1. The molecule has 0 spiro atoms. The second-order valence-corrected chi connectivity index (χ2v) is 8.88. The number of pyridine rings is 1. The third-order valence-electron chi connectivity index (χ3n) is 5.54. The molecule has 0 aliphatic carbocycles. The number of aromatic nitrogens is 3. The number of carbonyl (C=O) groups excluding carboxylic acids is 1. The Morgan fingerprint density at radius 3 is 2.74 bits per heavy atom. The van der Waals surface area contributed by atoms with Gasteiger partial charge in [-0.25, -0.2) is 9.78 Å². The van der Waals surface area contributed by atoms with Crippen LogP contribution in [0.1, 0.15) is 25.3 Å². The molecular formula is C22H26IN5O3. The molecule has 2 aromatic heterocycles. The number of carbonyl (C=O) groups is 1. The SMILES string of the molecule is CCCCOC(=O)N1CCN(c2cc(C)c3nc(-c4c(I)cc[nH]c4=O)[nH]c3c2)CC1. The highest BCUT2D eigenvalue weighted by Crippen LogP contribution is 2.28. The summed E-state index contributed by atoms with van der Waals surface area (Å²) in [7, 11) is 0. The van der Waals surface area contributed by atoms with Gasteiger partial charge in [-0.2, -0.15) is 0 Å². The van der Waals surface area contributed by atoms with E-state index in [0.29, 0.717) is 31.1 Å². The monoisotopic (exact) mass is 535 g/mol. The highest BCUT2D eigenvalue weighted by atomic mass is 127. The molecule has 0 unspecified atom stereocenters. The van der Waals surface area contributed by atoms with Crippen LogP contribution < -0.4 is 10.5 Å². The van der Waals surface area contributed by atoms with E-state index in [0.717, 1.165) is 51.8 Å². The van der Waals surface area contributed by atoms with Gasteiger partial charge < -0.3 is 24.5 Å². The number of anilines is 1. The minimum atomic E-state index is -0.222. The molecule has 4 rings (SSSR count). The van der Waals surface area contributed by atoms with Crippen LogP contribution in [0.3, 0.4) is 0 Å². The molecule has 3 heterocycles. The summed E-state index contributed by atoms with van der Waals surface area (Å²) in [5, 5.41) is 0. The molecule has 164 valence electrons. The summed E-state index contributed by atoms with van der Waals surface area (Å²) in [5.74, 6) is 0.571. The van der Waals surface area contributed by atoms with Crippen molar-refractivity contribution in [3.8, 4) is 11.4 Å². The number of hydrogen-bond donors (Lipinski definition) is 2. The third-order valence-corrected chi connectivity index (χ3v) is 6.43. The lowest BCUT2D eigenvalue weighted by Gasteiger charge is -2.35. The van der Waals surface area contributed by atoms with Crippen molar-refractivity contribution < 1.29 is 9.53 Å². The van der Waals surface area contributed by atoms with Gasteiger partial charge in [0.15, 0.2) is 0 Å². The van der Waals surface area contributed by atoms with E-state index in [1.807, 2.05) is 13.0 Å². The van der Waals surface area contributed by atoms with Crippen molar-refractivity contribution in [3.63, 3.8) is 0 Å². The number of piperazine rings is 1. The van der Waals surface area contributed by atoms with Crippen molar-refractivity contribution in [3.05, 3.63) is 43.9 Å². The molecule has 1 amide bonds. The molecule has 1 aliphatic rings. The summed E-state index contributed by atoms with van der Waals surface area (Å²) in [6.07, 6.45) is 3.32. The van der Waals surface area contributed by atoms with Crippen LogP contribution in [-0.4, -0.2) is 58.7 Å². The minimum absolute atomic E-state index is 0.161. The number of aromatic amines is 2. The number of nitrogens with zero attached hydrogens (tertiary/aromatic N) is 3. The fraction of sp³-hybridized carbons (Fsp3) is 0.409. The second-order valence-electron chi connectivity index (χ2n) is 7.72. The van der Waals surface area contributed by atoms with E-state index < -0.39 is 0 Å². The summed E-state index contributed by atoms with van der Waals surface area (Å²) >= 11 is 2.15. The normalized spacial score (nSPS) is 14.3. The van der Waals surface area contributed by atoms with Crippen LogP contribution >= 0.6 is 22.6 Å². The van der Waals surface area contributed by atoms with Gasteiger partial charge in [0.05, 0.1) is 23.2 Å². The third kappa shape index (κ3) is 4.56. The number of ether oxygens (including phenoxy) is 1. The zero-order valence-corrected chi connectivity index (χ0v) is 19.9. The molecular weight excluding hydrogens is 509 g/mol. The summed E-state index contributed by atoms with van der Waals surface area (Å²) < 4.78 is 6.18. The molecule has 0 saturated carbocycles. The molecule has 3 aromatic rings. The number of rotatable bonds is 5. The van der Waals surface area contributed by atoms with Crippen molar-refractivity contribution >= 4 is 45.4 Å². The first-order chi connectivity index (χ1) is 15.0. The number of benzene rings is 1. The standard InChI is InChI=1S/C22H26IN5O3/c1-3-4-11-31-22(30)28-9-7-27(8-10-28)15-12-14(2)19-17(13-15)25-20(26-19)18-16(23)5-6-24-21(18)29/h5-6,12-13H,3-4,7-11H2,1-2H3,(H,24,29)(H,25,26). The molecule has 2 N–H and O–H groups in total. The van der Waals surface area contributed by atoms with Gasteiger partial charge in [0, 0.05) is 41.6 Å². The molecule has 1 aromatic carbocycles. The minimum Gasteiger partial charge on any atom is -0.449 e. The predicted octanol–water partition coefficient (Wildman–Crippen LogP) is 3.89. The van der Waals surface area contributed by atoms with Crippen molar-refractivity contribution in [2.45, 2.75) is 26.7 Å². The fourth-order valence-electron chi connectivity index (χ4n) is 3.79. The largest absolute Gasteiger partial charge is 0.449 e. The number of hydrogen-bond acceptors (Lipinski definition) is 5. The Labute approximate surface area is 194 Å². The average Bonchev–Trinajstić information content (AvgIpc) is 3.18. The number of unbranched alkanes of at least 4 members (excludes halogenated alkanes) is 1. The zero-order chi connectivity index (χ0) is 22.0. The Kier molecular flexibility index (Phi) is 6.49. The Morgan fingerprint density at radius 1 is 1.26 bits per heavy atom. The van der Waals surface area contributed by atoms with Gasteiger partial charge in [-0.3, -0.25) is 4.79 Å². The van der Waals surface area contributed by atoms with Gasteiger partial charge in [-0.1, -0.05) is 13.3 Å². The summed E-state index contributed by atoms with van der Waals surface area (Å²) in [6, 6.07) is 6.04. The van der Waals surface area contributed by atoms with Gasteiger partial charge in [0.1, 0.15) is 5.82 Å². The number of nitrogens with one attached hydrogen (secondary N) is 2. The number of imidazole rings is 1. The summed E-state index contributed by atoms with van der Waals surface area (Å²) in [4.78, 5) is 39.3. The predicted molar refractivity (Wildman–Crippen MR) is 130 cm³/mol. The first kappa shape index (κ1) is 21.7. The lowest BCUT2D eigenvalue weighted by atomic mass is 10.1. The fourth-order valence-corrected chi connectivity index (χ4v) is 4.47. The molecule has 9 heteroatoms. The van der Waals surface area contributed by atoms with E-state index in [1.54, 1.807) is 11.1 Å². The van der Waals surface area contributed by atoms with E-state index in [2.05, 4.69) is 56.5 Å². The Hall–Kier alpha value is -2.56. The number of H-pyrrole nitrogens is 2. The average molecular weight is 535 g/mol. The lowest BCUT2D eigenvalue weighted by molar-refractivity contribution is 0.0989. The number of halogens is 1. The molecule has 8 nitrogen and oxygen atoms in total. The van der Waals surface area contributed by atoms with Gasteiger partial charge in [0.2, 0.25) is 0 Å². The summed E-state index contributed by atoms with van der Waals surface area (Å²) in [5.41, 5.74) is 4.26. The summed E-state index contributed by atoms with van der Waals surface area (Å²) in [6.45, 7) is 7.33. The van der Waals surface area contributed by atoms with Crippen molar-refractivity contribution in [1.29, 1.82) is 0 Å². The molecule has 0 radical (unpaired) electrons. The van der Waals surface area contributed by atoms with Gasteiger partial charge in [0.25, 0.3) is 5.56 Å². The second kappa shape index (κ2) is 9.29. The highest BCUT2D eigenvalue weighted by Gasteiger charge is 2.23. The molecule has 31 heavy (non-hydrogen) atoms. The zero-order valence-electron chi connectivity index (χ0n) is 17.7. The maximum absolute atomic E-state index is 12.3. The van der Waals surface area contributed by atoms with Gasteiger partial charge in [-0.05, 0) is 59.7 Å². The Bertz CT molecular complexity index is 1150. The van der Waals surface area contributed by atoms with Crippen molar-refractivity contribution in [2.75, 3.05) is 37.7 Å². The van der Waals surface area contributed by atoms with Crippen LogP contribution in [0, 0.1) is 10.5 Å². The maximum atomic E-state index is 12.3. The Balaban J connectivity index is 1.52. The van der Waals surface area contributed by atoms with Crippen LogP contribution in [-0.2, 0) is 4.74 Å². The quantitative estimate of drug-likeness (QED) is 0.382. The van der Waals surface area contributed by atoms with Crippen molar-refractivity contribution in [2.24, 2.45) is 0 Å². The van der Waals surface area contributed by atoms with Crippen LogP contribution in [0.2, 0.25) is 0 Å². The van der Waals surface area contributed by atoms with Crippen LogP contribution in [0.5, 0.6) is 0 Å². The van der Waals surface area contributed by atoms with E-state index >= 15 is 0 Å². The van der Waals surface area contributed by atoms with E-state index in [4.69, 9.17) is 9.72 Å². The molecule has 1 fully saturated rings. The van der Waals surface area contributed by atoms with E-state index in [9.17, 15) is 9.59 Å². The van der Waals surface area contributed by atoms with Crippen LogP contribution in [0.25, 0.3) is 22.4 Å². The maximum Gasteiger partial charge on any atom is 0.409 e. The topological polar surface area (TPSA) is 94.3 Å².